The second kappa shape index (κ2) is 2.87. The topological polar surface area (TPSA) is 52.6 Å². The van der Waals surface area contributed by atoms with Crippen LogP contribution in [0.4, 0.5) is 0 Å². The van der Waals surface area contributed by atoms with E-state index in [0.717, 1.165) is 0 Å². The quantitative estimate of drug-likeness (QED) is 0.559. The maximum atomic E-state index is 12.7. The Kier molecular flexibility index (Phi) is 1.60. The van der Waals surface area contributed by atoms with Crippen molar-refractivity contribution in [2.24, 2.45) is 46.3 Å². The third-order valence-electron chi connectivity index (χ3n) is 6.99. The first-order valence-electron chi connectivity index (χ1n) is 7.20. The highest BCUT2D eigenvalue weighted by Gasteiger charge is 2.94. The minimum absolute atomic E-state index is 0.148. The van der Waals surface area contributed by atoms with Crippen LogP contribution in [0.3, 0.4) is 0 Å². The number of methoxy groups -OCH3 is 2. The van der Waals surface area contributed by atoms with Gasteiger partial charge in [0.25, 0.3) is 0 Å². The molecule has 6 aliphatic carbocycles. The minimum atomic E-state index is -0.705. The average Bonchev–Trinajstić information content (AvgIpc) is 3.23. The van der Waals surface area contributed by atoms with Gasteiger partial charge >= 0.3 is 11.9 Å². The maximum absolute atomic E-state index is 12.7. The zero-order chi connectivity index (χ0) is 13.9. The van der Waals surface area contributed by atoms with Gasteiger partial charge in [-0.05, 0) is 35.5 Å². The lowest BCUT2D eigenvalue weighted by molar-refractivity contribution is -0.182. The Balaban J connectivity index is 1.86. The lowest BCUT2D eigenvalue weighted by Crippen LogP contribution is -2.58. The second-order valence-electron chi connectivity index (χ2n) is 6.75. The molecule has 6 rings (SSSR count). The molecule has 8 atom stereocenters. The summed E-state index contributed by atoms with van der Waals surface area (Å²) in [4.78, 5) is 25.5. The number of hydrogen-bond donors (Lipinski definition) is 0. The number of rotatable bonds is 2. The largest absolute Gasteiger partial charge is 0.469 e. The van der Waals surface area contributed by atoms with E-state index < -0.39 is 10.8 Å². The van der Waals surface area contributed by atoms with Crippen LogP contribution in [0.25, 0.3) is 0 Å². The number of carbonyl (C=O) groups is 2. The fraction of sp³-hybridized carbons (Fsp3) is 0.625. The van der Waals surface area contributed by atoms with E-state index in [1.54, 1.807) is 0 Å². The zero-order valence-electron chi connectivity index (χ0n) is 11.4. The Morgan fingerprint density at radius 3 is 1.30 bits per heavy atom. The highest BCUT2D eigenvalue weighted by Crippen LogP contribution is 2.90. The van der Waals surface area contributed by atoms with Gasteiger partial charge in [-0.15, -0.1) is 0 Å². The van der Waals surface area contributed by atoms with Gasteiger partial charge < -0.3 is 9.47 Å². The normalized spacial score (nSPS) is 57.9. The molecule has 0 N–H and O–H groups in total. The van der Waals surface area contributed by atoms with E-state index in [0.29, 0.717) is 11.8 Å². The van der Waals surface area contributed by atoms with Crippen molar-refractivity contribution in [3.63, 3.8) is 0 Å². The van der Waals surface area contributed by atoms with E-state index in [4.69, 9.17) is 9.47 Å². The molecule has 0 aliphatic heterocycles. The molecule has 6 aliphatic rings. The molecule has 6 unspecified atom stereocenters. The van der Waals surface area contributed by atoms with Crippen LogP contribution in [0.5, 0.6) is 0 Å². The summed E-state index contributed by atoms with van der Waals surface area (Å²) in [6, 6.07) is 0. The molecule has 0 aromatic rings. The lowest BCUT2D eigenvalue weighted by atomic mass is 9.53. The van der Waals surface area contributed by atoms with E-state index >= 15 is 0 Å². The van der Waals surface area contributed by atoms with Crippen molar-refractivity contribution in [1.82, 2.24) is 0 Å². The molecule has 104 valence electrons. The summed E-state index contributed by atoms with van der Waals surface area (Å²) < 4.78 is 10.3. The van der Waals surface area contributed by atoms with E-state index in [9.17, 15) is 9.59 Å². The lowest BCUT2D eigenvalue weighted by Gasteiger charge is -2.48. The number of hydrogen-bond acceptors (Lipinski definition) is 4. The standard InChI is InChI=1S/C16H16O4/c1-19-13(17)15-7-3-5-9-11(7)12-8(15)4-6-10(12)16(9,15)14(18)20-2/h3-12H,1-2H3/t7-,8+,9?,10?,11?,12?,15?,16?. The van der Waals surface area contributed by atoms with E-state index in [1.807, 2.05) is 0 Å². The molecule has 20 heavy (non-hydrogen) atoms. The highest BCUT2D eigenvalue weighted by molar-refractivity contribution is 5.95. The van der Waals surface area contributed by atoms with Crippen LogP contribution in [0.15, 0.2) is 24.3 Å². The van der Waals surface area contributed by atoms with Crippen molar-refractivity contribution < 1.29 is 19.1 Å². The first-order chi connectivity index (χ1) is 9.67. The summed E-state index contributed by atoms with van der Waals surface area (Å²) in [6.07, 6.45) is 8.59. The molecule has 0 saturated heterocycles. The van der Waals surface area contributed by atoms with Crippen molar-refractivity contribution in [1.29, 1.82) is 0 Å². The molecule has 4 fully saturated rings. The Labute approximate surface area is 116 Å². The third-order valence-corrected chi connectivity index (χ3v) is 6.99. The van der Waals surface area contributed by atoms with Crippen molar-refractivity contribution in [3.05, 3.63) is 24.3 Å². The summed E-state index contributed by atoms with van der Waals surface area (Å²) in [7, 11) is 2.86. The first kappa shape index (κ1) is 11.1. The highest BCUT2D eigenvalue weighted by atomic mass is 16.5. The fourth-order valence-corrected chi connectivity index (χ4v) is 6.99. The fourth-order valence-electron chi connectivity index (χ4n) is 6.99. The number of allylic oxidation sites excluding steroid dienone is 4. The van der Waals surface area contributed by atoms with Crippen LogP contribution < -0.4 is 0 Å². The zero-order valence-corrected chi connectivity index (χ0v) is 11.4. The van der Waals surface area contributed by atoms with E-state index in [-0.39, 0.29) is 35.6 Å². The predicted octanol–water partition coefficient (Wildman–Crippen LogP) is 1.18. The van der Waals surface area contributed by atoms with Crippen LogP contribution in [0.1, 0.15) is 0 Å². The molecule has 0 aromatic carbocycles. The van der Waals surface area contributed by atoms with Crippen molar-refractivity contribution in [2.45, 2.75) is 0 Å². The Hall–Kier alpha value is -1.58. The van der Waals surface area contributed by atoms with Crippen LogP contribution >= 0.6 is 0 Å². The first-order valence-corrected chi connectivity index (χ1v) is 7.20. The Morgan fingerprint density at radius 1 is 0.750 bits per heavy atom. The van der Waals surface area contributed by atoms with Crippen molar-refractivity contribution in [2.75, 3.05) is 14.2 Å². The molecule has 4 nitrogen and oxygen atoms in total. The van der Waals surface area contributed by atoms with Gasteiger partial charge in [0.1, 0.15) is 0 Å². The Bertz CT molecular complexity index is 534. The second-order valence-corrected chi connectivity index (χ2v) is 6.75. The minimum Gasteiger partial charge on any atom is -0.469 e. The van der Waals surface area contributed by atoms with Crippen LogP contribution in [0, 0.1) is 46.3 Å². The predicted molar refractivity (Wildman–Crippen MR) is 68.1 cm³/mol. The van der Waals surface area contributed by atoms with Crippen molar-refractivity contribution in [3.8, 4) is 0 Å². The number of carbonyl (C=O) groups excluding carboxylic acids is 2. The van der Waals surface area contributed by atoms with Gasteiger partial charge in [0.15, 0.2) is 0 Å². The monoisotopic (exact) mass is 272 g/mol. The molecule has 0 heterocycles. The summed E-state index contributed by atoms with van der Waals surface area (Å²) >= 11 is 0. The molecular weight excluding hydrogens is 256 g/mol. The number of ether oxygens (including phenoxy) is 2. The van der Waals surface area contributed by atoms with Crippen LogP contribution in [-0.4, -0.2) is 26.2 Å². The molecule has 0 amide bonds. The molecular formula is C16H16O4. The molecule has 4 heteroatoms. The van der Waals surface area contributed by atoms with Crippen molar-refractivity contribution >= 4 is 11.9 Å². The van der Waals surface area contributed by atoms with E-state index in [2.05, 4.69) is 24.3 Å². The third kappa shape index (κ3) is 0.651. The summed E-state index contributed by atoms with van der Waals surface area (Å²) in [5.41, 5.74) is -1.41. The Morgan fingerprint density at radius 2 is 1.05 bits per heavy atom. The van der Waals surface area contributed by atoms with Gasteiger partial charge in [-0.2, -0.15) is 0 Å². The molecule has 0 aromatic heterocycles. The average molecular weight is 272 g/mol. The molecule has 0 spiro atoms. The SMILES string of the molecule is COC(=O)C12C3C=C[C@@H]4C3C3C1C=C[C@@H]3C42C(=O)OC. The van der Waals surface area contributed by atoms with Gasteiger partial charge in [-0.1, -0.05) is 24.3 Å². The molecule has 0 radical (unpaired) electrons. The van der Waals surface area contributed by atoms with Gasteiger partial charge in [0.2, 0.25) is 0 Å². The summed E-state index contributed by atoms with van der Waals surface area (Å²) in [5.74, 6) is 0.987. The summed E-state index contributed by atoms with van der Waals surface area (Å²) in [5, 5.41) is 0. The summed E-state index contributed by atoms with van der Waals surface area (Å²) in [6.45, 7) is 0. The van der Waals surface area contributed by atoms with Crippen LogP contribution in [-0.2, 0) is 19.1 Å². The van der Waals surface area contributed by atoms with Gasteiger partial charge in [-0.3, -0.25) is 9.59 Å². The van der Waals surface area contributed by atoms with Gasteiger partial charge in [-0.25, -0.2) is 0 Å². The van der Waals surface area contributed by atoms with E-state index in [1.165, 1.54) is 14.2 Å². The smallest absolute Gasteiger partial charge is 0.314 e. The maximum Gasteiger partial charge on any atom is 0.314 e. The van der Waals surface area contributed by atoms with Gasteiger partial charge in [0.05, 0.1) is 25.0 Å². The number of esters is 2. The molecule has 8 bridgehead atoms. The van der Waals surface area contributed by atoms with Crippen LogP contribution in [0.2, 0.25) is 0 Å². The van der Waals surface area contributed by atoms with Gasteiger partial charge in [0, 0.05) is 0 Å². The molecule has 4 saturated carbocycles.